The summed E-state index contributed by atoms with van der Waals surface area (Å²) in [5.41, 5.74) is 0. The molecule has 1 atom stereocenters. The van der Waals surface area contributed by atoms with Crippen molar-refractivity contribution in [2.45, 2.75) is 80.1 Å². The van der Waals surface area contributed by atoms with E-state index in [-0.39, 0.29) is 0 Å². The highest BCUT2D eigenvalue weighted by atomic mass is 14.2. The van der Waals surface area contributed by atoms with E-state index in [9.17, 15) is 0 Å². The lowest BCUT2D eigenvalue weighted by atomic mass is 9.87. The third-order valence-electron chi connectivity index (χ3n) is 2.78. The molecule has 0 radical (unpaired) electrons. The lowest BCUT2D eigenvalue weighted by Crippen LogP contribution is -2.08. The van der Waals surface area contributed by atoms with Crippen LogP contribution in [0.4, 0.5) is 0 Å². The normalized spacial score (nSPS) is 12.2. The molecule has 0 heterocycles. The van der Waals surface area contributed by atoms with Crippen molar-refractivity contribution < 1.29 is 0 Å². The molecule has 0 aromatic heterocycles. The Morgan fingerprint density at radius 2 is 1.36 bits per heavy atom. The van der Waals surface area contributed by atoms with E-state index < -0.39 is 0 Å². The van der Waals surface area contributed by atoms with Crippen LogP contribution in [0.25, 0.3) is 0 Å². The molecule has 0 aliphatic carbocycles. The van der Waals surface area contributed by atoms with Crippen LogP contribution in [0.3, 0.4) is 0 Å². The molecule has 0 aliphatic heterocycles. The Labute approximate surface area is 92.5 Å². The third kappa shape index (κ3) is 10.1. The van der Waals surface area contributed by atoms with Crippen LogP contribution in [0.15, 0.2) is 0 Å². The molecular formula is C14H32. The summed E-state index contributed by atoms with van der Waals surface area (Å²) in [5, 5.41) is 0. The lowest BCUT2D eigenvalue weighted by Gasteiger charge is -2.19. The standard InChI is InChI=1S/C12H26.C2H6/c1-5-7-8-10-12(9-6-2)11(3)4;1-2/h11-12H,5-10H2,1-4H3;1-2H3. The summed E-state index contributed by atoms with van der Waals surface area (Å²) in [6, 6.07) is 0. The van der Waals surface area contributed by atoms with E-state index in [1.165, 1.54) is 38.5 Å². The molecule has 0 spiro atoms. The highest BCUT2D eigenvalue weighted by Crippen LogP contribution is 2.23. The van der Waals surface area contributed by atoms with Crippen molar-refractivity contribution in [3.05, 3.63) is 0 Å². The maximum atomic E-state index is 2.37. The second-order valence-electron chi connectivity index (χ2n) is 4.29. The van der Waals surface area contributed by atoms with Crippen molar-refractivity contribution in [2.75, 3.05) is 0 Å². The highest BCUT2D eigenvalue weighted by molar-refractivity contribution is 4.62. The van der Waals surface area contributed by atoms with E-state index in [2.05, 4.69) is 27.7 Å². The Hall–Kier alpha value is 0. The van der Waals surface area contributed by atoms with Crippen molar-refractivity contribution in [1.82, 2.24) is 0 Å². The summed E-state index contributed by atoms with van der Waals surface area (Å²) < 4.78 is 0. The number of rotatable bonds is 7. The van der Waals surface area contributed by atoms with Gasteiger partial charge in [-0.15, -0.1) is 0 Å². The van der Waals surface area contributed by atoms with Crippen LogP contribution in [0.5, 0.6) is 0 Å². The molecule has 14 heavy (non-hydrogen) atoms. The first-order chi connectivity index (χ1) is 6.72. The SMILES string of the molecule is CC.CCCCCC(CCC)C(C)C. The van der Waals surface area contributed by atoms with Crippen molar-refractivity contribution in [2.24, 2.45) is 11.8 Å². The van der Waals surface area contributed by atoms with Gasteiger partial charge in [-0.1, -0.05) is 80.1 Å². The van der Waals surface area contributed by atoms with Crippen LogP contribution < -0.4 is 0 Å². The van der Waals surface area contributed by atoms with E-state index in [1.54, 1.807) is 0 Å². The first kappa shape index (κ1) is 16.4. The van der Waals surface area contributed by atoms with Crippen LogP contribution in [0, 0.1) is 11.8 Å². The molecule has 88 valence electrons. The van der Waals surface area contributed by atoms with Crippen molar-refractivity contribution in [1.29, 1.82) is 0 Å². The van der Waals surface area contributed by atoms with Crippen LogP contribution in [-0.4, -0.2) is 0 Å². The summed E-state index contributed by atoms with van der Waals surface area (Å²) in [7, 11) is 0. The molecule has 1 unspecified atom stereocenters. The molecule has 0 amide bonds. The Bertz CT molecular complexity index is 84.0. The van der Waals surface area contributed by atoms with Gasteiger partial charge in [0.05, 0.1) is 0 Å². The van der Waals surface area contributed by atoms with Gasteiger partial charge in [0.25, 0.3) is 0 Å². The zero-order valence-electron chi connectivity index (χ0n) is 11.4. The Balaban J connectivity index is 0. The van der Waals surface area contributed by atoms with E-state index in [0.717, 1.165) is 11.8 Å². The minimum absolute atomic E-state index is 0.891. The number of hydrogen-bond acceptors (Lipinski definition) is 0. The fraction of sp³-hybridized carbons (Fsp3) is 1.00. The Kier molecular flexibility index (Phi) is 15.3. The topological polar surface area (TPSA) is 0 Å². The summed E-state index contributed by atoms with van der Waals surface area (Å²) in [6.45, 7) is 13.3. The molecule has 0 saturated carbocycles. The predicted molar refractivity (Wildman–Crippen MR) is 68.7 cm³/mol. The lowest BCUT2D eigenvalue weighted by molar-refractivity contribution is 0.323. The molecular weight excluding hydrogens is 168 g/mol. The monoisotopic (exact) mass is 200 g/mol. The fourth-order valence-corrected chi connectivity index (χ4v) is 1.84. The van der Waals surface area contributed by atoms with Gasteiger partial charge in [0.15, 0.2) is 0 Å². The van der Waals surface area contributed by atoms with E-state index >= 15 is 0 Å². The van der Waals surface area contributed by atoms with Gasteiger partial charge in [-0.25, -0.2) is 0 Å². The zero-order chi connectivity index (χ0) is 11.4. The molecule has 0 aromatic carbocycles. The van der Waals surface area contributed by atoms with Crippen molar-refractivity contribution in [3.63, 3.8) is 0 Å². The first-order valence-electron chi connectivity index (χ1n) is 6.72. The molecule has 0 aromatic rings. The summed E-state index contributed by atoms with van der Waals surface area (Å²) >= 11 is 0. The molecule has 0 rings (SSSR count). The van der Waals surface area contributed by atoms with Crippen molar-refractivity contribution in [3.8, 4) is 0 Å². The second-order valence-corrected chi connectivity index (χ2v) is 4.29. The maximum Gasteiger partial charge on any atom is -0.0391 e. The number of hydrogen-bond donors (Lipinski definition) is 0. The highest BCUT2D eigenvalue weighted by Gasteiger charge is 2.10. The zero-order valence-corrected chi connectivity index (χ0v) is 11.4. The molecule has 0 heteroatoms. The molecule has 0 fully saturated rings. The second kappa shape index (κ2) is 13.0. The minimum Gasteiger partial charge on any atom is -0.0683 e. The molecule has 0 aliphatic rings. The van der Waals surface area contributed by atoms with Crippen LogP contribution in [0.1, 0.15) is 80.1 Å². The van der Waals surface area contributed by atoms with Gasteiger partial charge in [-0.05, 0) is 11.8 Å². The predicted octanol–water partition coefficient (Wildman–Crippen LogP) is 5.67. The minimum atomic E-state index is 0.891. The average molecular weight is 200 g/mol. The molecule has 0 nitrogen and oxygen atoms in total. The van der Waals surface area contributed by atoms with Crippen LogP contribution in [0.2, 0.25) is 0 Å². The average Bonchev–Trinajstić information content (AvgIpc) is 2.20. The van der Waals surface area contributed by atoms with Gasteiger partial charge in [0.1, 0.15) is 0 Å². The third-order valence-corrected chi connectivity index (χ3v) is 2.78. The van der Waals surface area contributed by atoms with Gasteiger partial charge in [0, 0.05) is 0 Å². The number of unbranched alkanes of at least 4 members (excludes halogenated alkanes) is 2. The smallest absolute Gasteiger partial charge is 0.0391 e. The van der Waals surface area contributed by atoms with Gasteiger partial charge >= 0.3 is 0 Å². The Morgan fingerprint density at radius 1 is 0.786 bits per heavy atom. The van der Waals surface area contributed by atoms with E-state index in [0.29, 0.717) is 0 Å². The van der Waals surface area contributed by atoms with Gasteiger partial charge in [-0.2, -0.15) is 0 Å². The molecule has 0 N–H and O–H groups in total. The molecule has 0 saturated heterocycles. The van der Waals surface area contributed by atoms with Crippen LogP contribution in [-0.2, 0) is 0 Å². The quantitative estimate of drug-likeness (QED) is 0.465. The summed E-state index contributed by atoms with van der Waals surface area (Å²) in [4.78, 5) is 0. The summed E-state index contributed by atoms with van der Waals surface area (Å²) in [5.74, 6) is 1.88. The first-order valence-corrected chi connectivity index (χ1v) is 6.72. The van der Waals surface area contributed by atoms with Gasteiger partial charge < -0.3 is 0 Å². The molecule has 0 bridgehead atoms. The fourth-order valence-electron chi connectivity index (χ4n) is 1.84. The van der Waals surface area contributed by atoms with Gasteiger partial charge in [0.2, 0.25) is 0 Å². The van der Waals surface area contributed by atoms with Gasteiger partial charge in [-0.3, -0.25) is 0 Å². The van der Waals surface area contributed by atoms with E-state index in [1.807, 2.05) is 13.8 Å². The maximum absolute atomic E-state index is 2.37. The van der Waals surface area contributed by atoms with E-state index in [4.69, 9.17) is 0 Å². The van der Waals surface area contributed by atoms with Crippen LogP contribution >= 0.6 is 0 Å². The largest absolute Gasteiger partial charge is 0.0683 e. The summed E-state index contributed by atoms with van der Waals surface area (Å²) in [6.07, 6.45) is 8.47. The Morgan fingerprint density at radius 3 is 1.71 bits per heavy atom. The van der Waals surface area contributed by atoms with Crippen molar-refractivity contribution >= 4 is 0 Å².